The Balaban J connectivity index is 2.08. The van der Waals surface area contributed by atoms with Crippen LogP contribution < -0.4 is 10.6 Å². The molecule has 0 aliphatic carbocycles. The molecule has 0 unspecified atom stereocenters. The summed E-state index contributed by atoms with van der Waals surface area (Å²) in [6.07, 6.45) is 1.94. The second-order valence-corrected chi connectivity index (χ2v) is 7.53. The van der Waals surface area contributed by atoms with Gasteiger partial charge >= 0.3 is 5.69 Å². The van der Waals surface area contributed by atoms with E-state index in [9.17, 15) is 4.79 Å². The van der Waals surface area contributed by atoms with Crippen LogP contribution in [0.15, 0.2) is 35.3 Å². The van der Waals surface area contributed by atoms with Gasteiger partial charge in [0, 0.05) is 17.8 Å². The number of benzene rings is 1. The molecule has 7 heteroatoms. The fourth-order valence-electron chi connectivity index (χ4n) is 2.32. The van der Waals surface area contributed by atoms with E-state index in [1.165, 1.54) is 11.3 Å². The van der Waals surface area contributed by atoms with Crippen molar-refractivity contribution in [2.24, 2.45) is 0 Å². The topological polar surface area (TPSA) is 42.5 Å². The van der Waals surface area contributed by atoms with Crippen LogP contribution in [0.4, 0.5) is 10.7 Å². The average Bonchev–Trinajstić information content (AvgIpc) is 2.93. The standard InChI is InChI=1S/C15H17ClN4OS/c1-15(2,3)20-13(21)17-14-19(20)9-12(22-14)18(4)11-7-5-10(16)6-8-11/h5-9H,1-4H3. The molecule has 3 aromatic rings. The number of nitrogens with zero attached hydrogens (tertiary/aromatic N) is 4. The van der Waals surface area contributed by atoms with Crippen LogP contribution >= 0.6 is 22.9 Å². The molecule has 0 saturated carbocycles. The predicted octanol–water partition coefficient (Wildman–Crippen LogP) is 3.73. The van der Waals surface area contributed by atoms with E-state index in [1.54, 1.807) is 4.68 Å². The minimum atomic E-state index is -0.326. The first-order valence-electron chi connectivity index (χ1n) is 6.88. The second-order valence-electron chi connectivity index (χ2n) is 6.11. The van der Waals surface area contributed by atoms with Gasteiger partial charge in [0.2, 0.25) is 4.96 Å². The highest BCUT2D eigenvalue weighted by atomic mass is 35.5. The summed E-state index contributed by atoms with van der Waals surface area (Å²) >= 11 is 7.41. The van der Waals surface area contributed by atoms with Gasteiger partial charge < -0.3 is 4.90 Å². The van der Waals surface area contributed by atoms with Crippen molar-refractivity contribution >= 4 is 38.6 Å². The highest BCUT2D eigenvalue weighted by Gasteiger charge is 2.22. The number of aromatic nitrogens is 3. The largest absolute Gasteiger partial charge is 0.365 e. The van der Waals surface area contributed by atoms with Crippen molar-refractivity contribution in [1.82, 2.24) is 14.2 Å². The molecule has 2 heterocycles. The van der Waals surface area contributed by atoms with Crippen molar-refractivity contribution in [3.63, 3.8) is 0 Å². The van der Waals surface area contributed by atoms with E-state index in [-0.39, 0.29) is 11.2 Å². The quantitative estimate of drug-likeness (QED) is 0.716. The van der Waals surface area contributed by atoms with Crippen molar-refractivity contribution in [1.29, 1.82) is 0 Å². The smallest absolute Gasteiger partial charge is 0.335 e. The number of hydrogen-bond acceptors (Lipinski definition) is 4. The van der Waals surface area contributed by atoms with Gasteiger partial charge in [-0.3, -0.25) is 0 Å². The van der Waals surface area contributed by atoms with Gasteiger partial charge in [0.1, 0.15) is 5.00 Å². The van der Waals surface area contributed by atoms with Gasteiger partial charge in [-0.05, 0) is 45.0 Å². The number of halogens is 1. The number of rotatable bonds is 2. The van der Waals surface area contributed by atoms with E-state index >= 15 is 0 Å². The van der Waals surface area contributed by atoms with E-state index in [4.69, 9.17) is 11.6 Å². The van der Waals surface area contributed by atoms with E-state index in [1.807, 2.05) is 67.7 Å². The first-order valence-corrected chi connectivity index (χ1v) is 8.08. The lowest BCUT2D eigenvalue weighted by Crippen LogP contribution is -2.34. The molecule has 1 aromatic carbocycles. The molecule has 0 bridgehead atoms. The molecule has 0 saturated heterocycles. The first kappa shape index (κ1) is 15.1. The number of anilines is 2. The summed E-state index contributed by atoms with van der Waals surface area (Å²) in [6, 6.07) is 7.64. The lowest BCUT2D eigenvalue weighted by atomic mass is 10.1. The highest BCUT2D eigenvalue weighted by Crippen LogP contribution is 2.31. The Bertz CT molecular complexity index is 870. The number of fused-ring (bicyclic) bond motifs is 1. The molecule has 5 nitrogen and oxygen atoms in total. The van der Waals surface area contributed by atoms with Gasteiger partial charge in [-0.2, -0.15) is 4.98 Å². The Morgan fingerprint density at radius 3 is 2.45 bits per heavy atom. The van der Waals surface area contributed by atoms with Gasteiger partial charge in [-0.1, -0.05) is 22.9 Å². The first-order chi connectivity index (χ1) is 10.3. The molecule has 0 amide bonds. The van der Waals surface area contributed by atoms with Crippen LogP contribution in [-0.4, -0.2) is 21.2 Å². The van der Waals surface area contributed by atoms with Crippen LogP contribution in [0, 0.1) is 0 Å². The third-order valence-corrected chi connectivity index (χ3v) is 4.69. The van der Waals surface area contributed by atoms with E-state index in [0.717, 1.165) is 10.7 Å². The molecule has 0 aliphatic heterocycles. The summed E-state index contributed by atoms with van der Waals surface area (Å²) < 4.78 is 3.49. The zero-order valence-corrected chi connectivity index (χ0v) is 14.4. The number of hydrogen-bond donors (Lipinski definition) is 0. The van der Waals surface area contributed by atoms with Crippen molar-refractivity contribution < 1.29 is 0 Å². The zero-order chi connectivity index (χ0) is 16.1. The molecule has 3 rings (SSSR count). The third-order valence-electron chi connectivity index (χ3n) is 3.39. The lowest BCUT2D eigenvalue weighted by Gasteiger charge is -2.20. The van der Waals surface area contributed by atoms with Crippen molar-refractivity contribution in [2.45, 2.75) is 26.3 Å². The van der Waals surface area contributed by atoms with E-state index in [0.29, 0.717) is 9.98 Å². The second kappa shape index (κ2) is 5.14. The maximum absolute atomic E-state index is 12.0. The summed E-state index contributed by atoms with van der Waals surface area (Å²) in [5, 5.41) is 1.71. The Kier molecular flexibility index (Phi) is 3.53. The Labute approximate surface area is 137 Å². The Morgan fingerprint density at radius 1 is 1.23 bits per heavy atom. The molecule has 0 radical (unpaired) electrons. The molecule has 0 spiro atoms. The van der Waals surface area contributed by atoms with Crippen molar-refractivity contribution in [3.05, 3.63) is 46.0 Å². The molecule has 0 aliphatic rings. The van der Waals surface area contributed by atoms with Gasteiger partial charge in [0.05, 0.1) is 11.7 Å². The fourth-order valence-corrected chi connectivity index (χ4v) is 3.38. The predicted molar refractivity (Wildman–Crippen MR) is 91.8 cm³/mol. The van der Waals surface area contributed by atoms with Gasteiger partial charge in [0.25, 0.3) is 0 Å². The third kappa shape index (κ3) is 2.53. The molecule has 116 valence electrons. The molecule has 0 N–H and O–H groups in total. The molecule has 2 aromatic heterocycles. The lowest BCUT2D eigenvalue weighted by molar-refractivity contribution is 0.329. The van der Waals surface area contributed by atoms with Crippen LogP contribution in [0.3, 0.4) is 0 Å². The van der Waals surface area contributed by atoms with Crippen LogP contribution in [0.2, 0.25) is 5.02 Å². The van der Waals surface area contributed by atoms with Gasteiger partial charge in [0.15, 0.2) is 0 Å². The monoisotopic (exact) mass is 336 g/mol. The Morgan fingerprint density at radius 2 is 1.86 bits per heavy atom. The van der Waals surface area contributed by atoms with Crippen LogP contribution in [0.5, 0.6) is 0 Å². The molecule has 0 atom stereocenters. The molecule has 22 heavy (non-hydrogen) atoms. The molecular formula is C15H17ClN4OS. The summed E-state index contributed by atoms with van der Waals surface area (Å²) in [6.45, 7) is 5.97. The summed E-state index contributed by atoms with van der Waals surface area (Å²) in [4.78, 5) is 18.9. The fraction of sp³-hybridized carbons (Fsp3) is 0.333. The minimum absolute atomic E-state index is 0.223. The van der Waals surface area contributed by atoms with E-state index in [2.05, 4.69) is 4.98 Å². The normalized spacial score (nSPS) is 12.0. The average molecular weight is 337 g/mol. The van der Waals surface area contributed by atoms with Crippen LogP contribution in [0.1, 0.15) is 20.8 Å². The van der Waals surface area contributed by atoms with E-state index < -0.39 is 0 Å². The minimum Gasteiger partial charge on any atom is -0.335 e. The maximum Gasteiger partial charge on any atom is 0.365 e. The van der Waals surface area contributed by atoms with Crippen molar-refractivity contribution in [3.8, 4) is 0 Å². The number of thiazole rings is 1. The van der Waals surface area contributed by atoms with Gasteiger partial charge in [-0.15, -0.1) is 0 Å². The van der Waals surface area contributed by atoms with Gasteiger partial charge in [-0.25, -0.2) is 14.0 Å². The summed E-state index contributed by atoms with van der Waals surface area (Å²) in [7, 11) is 1.98. The van der Waals surface area contributed by atoms with Crippen LogP contribution in [-0.2, 0) is 5.54 Å². The summed E-state index contributed by atoms with van der Waals surface area (Å²) in [5.41, 5.74) is 0.478. The van der Waals surface area contributed by atoms with Crippen molar-refractivity contribution in [2.75, 3.05) is 11.9 Å². The molecular weight excluding hydrogens is 320 g/mol. The Hall–Kier alpha value is -1.79. The maximum atomic E-state index is 12.0. The zero-order valence-electron chi connectivity index (χ0n) is 12.9. The highest BCUT2D eigenvalue weighted by molar-refractivity contribution is 7.20. The SMILES string of the molecule is CN(c1ccc(Cl)cc1)c1cn2c(nc(=O)n2C(C)(C)C)s1. The van der Waals surface area contributed by atoms with Crippen LogP contribution in [0.25, 0.3) is 4.96 Å². The molecule has 0 fully saturated rings. The summed E-state index contributed by atoms with van der Waals surface area (Å²) in [5.74, 6) is 0.